The van der Waals surface area contributed by atoms with Gasteiger partial charge in [0.25, 0.3) is 0 Å². The van der Waals surface area contributed by atoms with Crippen LogP contribution in [0.1, 0.15) is 31.9 Å². The van der Waals surface area contributed by atoms with Crippen LogP contribution in [-0.2, 0) is 16.2 Å². The highest BCUT2D eigenvalue weighted by Gasteiger charge is 2.13. The third-order valence-corrected chi connectivity index (χ3v) is 5.16. The largest absolute Gasteiger partial charge is 0.485 e. The zero-order valence-electron chi connectivity index (χ0n) is 17.7. The van der Waals surface area contributed by atoms with Crippen molar-refractivity contribution in [2.75, 3.05) is 19.7 Å². The second-order valence-electron chi connectivity index (χ2n) is 6.71. The highest BCUT2D eigenvalue weighted by atomic mass is 35.5. The number of amides is 1. The lowest BCUT2D eigenvalue weighted by atomic mass is 10.1. The van der Waals surface area contributed by atoms with Crippen molar-refractivity contribution in [3.8, 4) is 11.5 Å². The molecule has 2 aromatic rings. The lowest BCUT2D eigenvalue weighted by molar-refractivity contribution is -0.139. The second kappa shape index (κ2) is 11.6. The van der Waals surface area contributed by atoms with Crippen molar-refractivity contribution < 1.29 is 24.2 Å². The summed E-state index contributed by atoms with van der Waals surface area (Å²) >= 11 is 12.2. The van der Waals surface area contributed by atoms with Crippen molar-refractivity contribution in [1.29, 1.82) is 0 Å². The molecular weight excluding hydrogens is 441 g/mol. The first kappa shape index (κ1) is 24.6. The summed E-state index contributed by atoms with van der Waals surface area (Å²) in [5, 5.41) is 10.0. The molecule has 0 aliphatic heterocycles. The van der Waals surface area contributed by atoms with Gasteiger partial charge < -0.3 is 19.5 Å². The van der Waals surface area contributed by atoms with Gasteiger partial charge in [-0.2, -0.15) is 0 Å². The van der Waals surface area contributed by atoms with E-state index in [4.69, 9.17) is 37.8 Å². The number of ether oxygens (including phenoxy) is 2. The molecule has 0 radical (unpaired) electrons. The van der Waals surface area contributed by atoms with Crippen LogP contribution in [0.3, 0.4) is 0 Å². The predicted molar refractivity (Wildman–Crippen MR) is 122 cm³/mol. The molecule has 31 heavy (non-hydrogen) atoms. The summed E-state index contributed by atoms with van der Waals surface area (Å²) in [6.45, 7) is 6.47. The van der Waals surface area contributed by atoms with Gasteiger partial charge in [0.1, 0.15) is 6.61 Å². The molecule has 0 atom stereocenters. The smallest absolute Gasteiger partial charge is 0.341 e. The number of benzene rings is 2. The van der Waals surface area contributed by atoms with E-state index in [1.807, 2.05) is 20.8 Å². The summed E-state index contributed by atoms with van der Waals surface area (Å²) < 4.78 is 11.2. The molecule has 0 aliphatic rings. The van der Waals surface area contributed by atoms with Crippen LogP contribution < -0.4 is 9.47 Å². The third-order valence-electron chi connectivity index (χ3n) is 4.56. The number of likely N-dealkylation sites (N-methyl/N-ethyl adjacent to an activating group) is 1. The quantitative estimate of drug-likeness (QED) is 0.481. The van der Waals surface area contributed by atoms with E-state index in [2.05, 4.69) is 0 Å². The molecule has 6 nitrogen and oxygen atoms in total. The normalized spacial score (nSPS) is 11.2. The molecule has 1 amide bonds. The maximum Gasteiger partial charge on any atom is 0.341 e. The van der Waals surface area contributed by atoms with Gasteiger partial charge in [0.2, 0.25) is 5.91 Å². The Morgan fingerprint density at radius 2 is 1.74 bits per heavy atom. The van der Waals surface area contributed by atoms with Crippen molar-refractivity contribution in [3.63, 3.8) is 0 Å². The Balaban J connectivity index is 2.29. The molecule has 0 heterocycles. The van der Waals surface area contributed by atoms with Crippen molar-refractivity contribution in [2.24, 2.45) is 0 Å². The first-order valence-electron chi connectivity index (χ1n) is 9.78. The highest BCUT2D eigenvalue weighted by molar-refractivity contribution is 6.33. The Morgan fingerprint density at radius 3 is 2.39 bits per heavy atom. The van der Waals surface area contributed by atoms with Crippen LogP contribution in [0.5, 0.6) is 11.5 Å². The number of carboxylic acid groups (broad SMARTS) is 1. The Bertz CT molecular complexity index is 970. The fourth-order valence-electron chi connectivity index (χ4n) is 2.83. The minimum absolute atomic E-state index is 0.0913. The molecule has 0 aromatic heterocycles. The number of halogens is 2. The summed E-state index contributed by atoms with van der Waals surface area (Å²) in [4.78, 5) is 25.1. The van der Waals surface area contributed by atoms with E-state index in [0.29, 0.717) is 40.0 Å². The van der Waals surface area contributed by atoms with Gasteiger partial charge in [0.15, 0.2) is 18.1 Å². The van der Waals surface area contributed by atoms with E-state index in [9.17, 15) is 9.59 Å². The summed E-state index contributed by atoms with van der Waals surface area (Å²) in [6.07, 6.45) is 1.55. The SMILES string of the molecule is CCN(CC)C(=O)C=C(C)c1ccc(OCc2cc(Cl)ccc2Cl)c(OCC(=O)O)c1. The van der Waals surface area contributed by atoms with Gasteiger partial charge in [0.05, 0.1) is 0 Å². The van der Waals surface area contributed by atoms with E-state index in [1.165, 1.54) is 0 Å². The average Bonchev–Trinajstić information content (AvgIpc) is 2.73. The number of carboxylic acids is 1. The molecule has 0 saturated heterocycles. The third kappa shape index (κ3) is 7.19. The summed E-state index contributed by atoms with van der Waals surface area (Å²) in [7, 11) is 0. The summed E-state index contributed by atoms with van der Waals surface area (Å²) in [5.41, 5.74) is 2.12. The van der Waals surface area contributed by atoms with Crippen molar-refractivity contribution >= 4 is 40.7 Å². The lowest BCUT2D eigenvalue weighted by Crippen LogP contribution is -2.28. The number of nitrogens with zero attached hydrogens (tertiary/aromatic N) is 1. The van der Waals surface area contributed by atoms with Gasteiger partial charge in [-0.15, -0.1) is 0 Å². The van der Waals surface area contributed by atoms with Gasteiger partial charge >= 0.3 is 5.97 Å². The standard InChI is InChI=1S/C23H25Cl2NO5/c1-4-26(5-2)22(27)10-15(3)16-6-9-20(21(12-16)31-14-23(28)29)30-13-17-11-18(24)7-8-19(17)25/h6-12H,4-5,13-14H2,1-3H3,(H,28,29). The van der Waals surface area contributed by atoms with Crippen LogP contribution in [0, 0.1) is 0 Å². The van der Waals surface area contributed by atoms with Gasteiger partial charge in [-0.05, 0) is 62.2 Å². The van der Waals surface area contributed by atoms with Crippen molar-refractivity contribution in [3.05, 3.63) is 63.6 Å². The average molecular weight is 466 g/mol. The van der Waals surface area contributed by atoms with Crippen LogP contribution in [0.4, 0.5) is 0 Å². The van der Waals surface area contributed by atoms with Crippen LogP contribution in [0.15, 0.2) is 42.5 Å². The maximum atomic E-state index is 12.4. The molecular formula is C23H25Cl2NO5. The van der Waals surface area contributed by atoms with E-state index in [1.54, 1.807) is 47.4 Å². The monoisotopic (exact) mass is 465 g/mol. The summed E-state index contributed by atoms with van der Waals surface area (Å²) in [6, 6.07) is 10.2. The van der Waals surface area contributed by atoms with Crippen molar-refractivity contribution in [2.45, 2.75) is 27.4 Å². The molecule has 0 spiro atoms. The molecule has 2 aromatic carbocycles. The number of allylic oxidation sites excluding steroid dienone is 1. The van der Waals surface area contributed by atoms with Crippen LogP contribution in [0.2, 0.25) is 10.0 Å². The zero-order chi connectivity index (χ0) is 23.0. The Labute approximate surface area is 192 Å². The van der Waals surface area contributed by atoms with E-state index in [-0.39, 0.29) is 18.3 Å². The second-order valence-corrected chi connectivity index (χ2v) is 7.55. The molecule has 0 fully saturated rings. The zero-order valence-corrected chi connectivity index (χ0v) is 19.2. The fraction of sp³-hybridized carbons (Fsp3) is 0.304. The summed E-state index contributed by atoms with van der Waals surface area (Å²) in [5.74, 6) is -0.602. The maximum absolute atomic E-state index is 12.4. The number of hydrogen-bond donors (Lipinski definition) is 1. The van der Waals surface area contributed by atoms with Gasteiger partial charge in [-0.3, -0.25) is 4.79 Å². The topological polar surface area (TPSA) is 76.1 Å². The predicted octanol–water partition coefficient (Wildman–Crippen LogP) is 5.31. The minimum atomic E-state index is -1.11. The van der Waals surface area contributed by atoms with Crippen LogP contribution >= 0.6 is 23.2 Å². The first-order chi connectivity index (χ1) is 14.7. The molecule has 2 rings (SSSR count). The van der Waals surface area contributed by atoms with Gasteiger partial charge in [-0.25, -0.2) is 4.79 Å². The van der Waals surface area contributed by atoms with Gasteiger partial charge in [-0.1, -0.05) is 29.3 Å². The Morgan fingerprint density at radius 1 is 1.03 bits per heavy atom. The van der Waals surface area contributed by atoms with Crippen LogP contribution in [-0.4, -0.2) is 41.6 Å². The number of carbonyl (C=O) groups is 2. The van der Waals surface area contributed by atoms with E-state index in [0.717, 1.165) is 5.57 Å². The molecule has 1 N–H and O–H groups in total. The van der Waals surface area contributed by atoms with E-state index >= 15 is 0 Å². The molecule has 0 bridgehead atoms. The number of aliphatic carboxylic acids is 1. The molecule has 0 aliphatic carbocycles. The van der Waals surface area contributed by atoms with Crippen LogP contribution in [0.25, 0.3) is 5.57 Å². The molecule has 166 valence electrons. The minimum Gasteiger partial charge on any atom is -0.485 e. The fourth-order valence-corrected chi connectivity index (χ4v) is 3.20. The van der Waals surface area contributed by atoms with E-state index < -0.39 is 12.6 Å². The highest BCUT2D eigenvalue weighted by Crippen LogP contribution is 2.32. The number of hydrogen-bond acceptors (Lipinski definition) is 4. The van der Waals surface area contributed by atoms with Crippen molar-refractivity contribution in [1.82, 2.24) is 4.90 Å². The molecule has 0 unspecified atom stereocenters. The Hall–Kier alpha value is -2.70. The Kier molecular flexibility index (Phi) is 9.21. The molecule has 8 heteroatoms. The number of rotatable bonds is 10. The number of carbonyl (C=O) groups excluding carboxylic acids is 1. The molecule has 0 saturated carbocycles. The lowest BCUT2D eigenvalue weighted by Gasteiger charge is -2.17. The first-order valence-corrected chi connectivity index (χ1v) is 10.5. The van der Waals surface area contributed by atoms with Gasteiger partial charge in [0, 0.05) is 34.8 Å².